The lowest BCUT2D eigenvalue weighted by Crippen LogP contribution is -2.57. The second kappa shape index (κ2) is 10.8. The Labute approximate surface area is 229 Å². The first kappa shape index (κ1) is 27.5. The summed E-state index contributed by atoms with van der Waals surface area (Å²) < 4.78 is 29.0. The first-order valence-electron chi connectivity index (χ1n) is 13.3. The van der Waals surface area contributed by atoms with E-state index in [1.54, 1.807) is 19.4 Å². The molecule has 3 aromatic heterocycles. The molecule has 3 aromatic rings. The minimum absolute atomic E-state index is 0.0966. The van der Waals surface area contributed by atoms with Gasteiger partial charge in [-0.3, -0.25) is 4.98 Å². The predicted octanol–water partition coefficient (Wildman–Crippen LogP) is 2.74. The van der Waals surface area contributed by atoms with Crippen molar-refractivity contribution in [2.75, 3.05) is 53.9 Å². The number of fused-ring (bicyclic) bond motifs is 1. The summed E-state index contributed by atoms with van der Waals surface area (Å²) in [6.07, 6.45) is 6.65. The Kier molecular flexibility index (Phi) is 7.62. The zero-order valence-electron chi connectivity index (χ0n) is 23.1. The predicted molar refractivity (Wildman–Crippen MR) is 153 cm³/mol. The fraction of sp³-hybridized carbons (Fsp3) is 0.556. The number of aliphatic hydroxyl groups excluding tert-OH is 1. The van der Waals surface area contributed by atoms with E-state index in [1.807, 2.05) is 23.4 Å². The topological polar surface area (TPSA) is 134 Å². The van der Waals surface area contributed by atoms with Gasteiger partial charge in [0.25, 0.3) is 0 Å². The number of aromatic nitrogens is 4. The number of sulfone groups is 1. The Morgan fingerprint density at radius 1 is 1.15 bits per heavy atom. The lowest BCUT2D eigenvalue weighted by Gasteiger charge is -2.48. The molecule has 5 heterocycles. The van der Waals surface area contributed by atoms with Crippen LogP contribution in [0, 0.1) is 5.92 Å². The van der Waals surface area contributed by atoms with Crippen LogP contribution in [-0.2, 0) is 14.6 Å². The second-order valence-corrected chi connectivity index (χ2v) is 13.2. The van der Waals surface area contributed by atoms with Gasteiger partial charge in [-0.05, 0) is 31.4 Å². The molecular formula is C27H37N7O4S. The quantitative estimate of drug-likeness (QED) is 0.425. The number of anilines is 4. The number of hydrogen-bond donors (Lipinski definition) is 2. The number of nitrogens with zero attached hydrogens (tertiary/aromatic N) is 6. The number of hydrogen-bond acceptors (Lipinski definition) is 11. The van der Waals surface area contributed by atoms with Crippen LogP contribution in [-0.4, -0.2) is 90.5 Å². The third-order valence-corrected chi connectivity index (χ3v) is 8.80. The number of rotatable bonds is 8. The summed E-state index contributed by atoms with van der Waals surface area (Å²) in [5.41, 5.74) is 1.94. The van der Waals surface area contributed by atoms with E-state index in [1.165, 1.54) is 6.26 Å². The fourth-order valence-corrected chi connectivity index (χ4v) is 6.71. The van der Waals surface area contributed by atoms with E-state index >= 15 is 0 Å². The van der Waals surface area contributed by atoms with Gasteiger partial charge < -0.3 is 25.0 Å². The summed E-state index contributed by atoms with van der Waals surface area (Å²) in [5, 5.41) is 15.6. The number of piperidine rings is 1. The highest BCUT2D eigenvalue weighted by Crippen LogP contribution is 2.38. The molecule has 5 rings (SSSR count). The van der Waals surface area contributed by atoms with E-state index in [0.717, 1.165) is 22.2 Å². The lowest BCUT2D eigenvalue weighted by atomic mass is 9.90. The molecule has 2 aliphatic heterocycles. The normalized spacial score (nSPS) is 23.8. The molecule has 2 aliphatic rings. The highest BCUT2D eigenvalue weighted by Gasteiger charge is 2.38. The van der Waals surface area contributed by atoms with Crippen LogP contribution >= 0.6 is 0 Å². The molecule has 2 N–H and O–H groups in total. The average Bonchev–Trinajstić information content (AvgIpc) is 2.89. The number of aliphatic hydroxyl groups is 1. The van der Waals surface area contributed by atoms with Gasteiger partial charge in [0, 0.05) is 68.1 Å². The van der Waals surface area contributed by atoms with Gasteiger partial charge in [0.2, 0.25) is 5.95 Å². The molecule has 4 atom stereocenters. The third kappa shape index (κ3) is 5.78. The van der Waals surface area contributed by atoms with Crippen LogP contribution in [0.25, 0.3) is 10.8 Å². The summed E-state index contributed by atoms with van der Waals surface area (Å²) in [4.78, 5) is 22.7. The molecule has 2 fully saturated rings. The molecule has 12 heteroatoms. The number of nitrogens with one attached hydrogen (secondary N) is 1. The van der Waals surface area contributed by atoms with Crippen LogP contribution < -0.4 is 15.1 Å². The van der Waals surface area contributed by atoms with Gasteiger partial charge in [0.15, 0.2) is 0 Å². The van der Waals surface area contributed by atoms with Crippen molar-refractivity contribution in [2.24, 2.45) is 5.92 Å². The van der Waals surface area contributed by atoms with Crippen LogP contribution in [0.5, 0.6) is 0 Å². The van der Waals surface area contributed by atoms with E-state index in [9.17, 15) is 13.5 Å². The SMILES string of the molecule is CO[C@@H]1CCN(c2nccc(Nc3cc4c(C(C)C)ncc(N5C[C@H](CS(C)(=O)=O)[C@H]5C)c4cn3)n2)C[C@@H]1O. The van der Waals surface area contributed by atoms with E-state index < -0.39 is 15.9 Å². The van der Waals surface area contributed by atoms with E-state index in [2.05, 4.69) is 41.0 Å². The van der Waals surface area contributed by atoms with Gasteiger partial charge >= 0.3 is 0 Å². The van der Waals surface area contributed by atoms with Gasteiger partial charge in [0.1, 0.15) is 21.5 Å². The molecule has 11 nitrogen and oxygen atoms in total. The van der Waals surface area contributed by atoms with Crippen molar-refractivity contribution in [1.29, 1.82) is 0 Å². The number of methoxy groups -OCH3 is 1. The maximum atomic E-state index is 11.8. The van der Waals surface area contributed by atoms with Gasteiger partial charge in [-0.15, -0.1) is 0 Å². The van der Waals surface area contributed by atoms with Gasteiger partial charge in [-0.25, -0.2) is 18.4 Å². The molecule has 0 aliphatic carbocycles. The van der Waals surface area contributed by atoms with Gasteiger partial charge in [0.05, 0.1) is 35.5 Å². The van der Waals surface area contributed by atoms with E-state index in [-0.39, 0.29) is 29.7 Å². The minimum Gasteiger partial charge on any atom is -0.389 e. The molecule has 210 valence electrons. The Morgan fingerprint density at radius 3 is 2.62 bits per heavy atom. The van der Waals surface area contributed by atoms with E-state index in [0.29, 0.717) is 43.6 Å². The molecule has 0 bridgehead atoms. The van der Waals surface area contributed by atoms with Crippen LogP contribution in [0.3, 0.4) is 0 Å². The lowest BCUT2D eigenvalue weighted by molar-refractivity contribution is -0.0219. The smallest absolute Gasteiger partial charge is 0.227 e. The highest BCUT2D eigenvalue weighted by molar-refractivity contribution is 7.90. The van der Waals surface area contributed by atoms with Crippen LogP contribution in [0.2, 0.25) is 0 Å². The van der Waals surface area contributed by atoms with Crippen LogP contribution in [0.4, 0.5) is 23.3 Å². The molecule has 0 amide bonds. The number of pyridine rings is 2. The molecule has 0 radical (unpaired) electrons. The minimum atomic E-state index is -3.03. The molecular weight excluding hydrogens is 518 g/mol. The largest absolute Gasteiger partial charge is 0.389 e. The zero-order chi connectivity index (χ0) is 27.9. The van der Waals surface area contributed by atoms with Crippen molar-refractivity contribution in [1.82, 2.24) is 19.9 Å². The van der Waals surface area contributed by atoms with Crippen LogP contribution in [0.1, 0.15) is 38.8 Å². The van der Waals surface area contributed by atoms with Crippen molar-refractivity contribution < 1.29 is 18.3 Å². The number of β-amino-alcohol motifs (C(OH)–C–C–N with tert-alkyl or cyclic N) is 1. The van der Waals surface area contributed by atoms with Crippen LogP contribution in [0.15, 0.2) is 30.7 Å². The van der Waals surface area contributed by atoms with Crippen molar-refractivity contribution in [3.8, 4) is 0 Å². The summed E-state index contributed by atoms with van der Waals surface area (Å²) >= 11 is 0. The maximum Gasteiger partial charge on any atom is 0.227 e. The summed E-state index contributed by atoms with van der Waals surface area (Å²) in [6.45, 7) is 8.06. The Balaban J connectivity index is 1.40. The average molecular weight is 556 g/mol. The van der Waals surface area contributed by atoms with Gasteiger partial charge in [-0.2, -0.15) is 4.98 Å². The molecule has 0 aromatic carbocycles. The Morgan fingerprint density at radius 2 is 1.95 bits per heavy atom. The zero-order valence-corrected chi connectivity index (χ0v) is 23.9. The van der Waals surface area contributed by atoms with Gasteiger partial charge in [-0.1, -0.05) is 13.8 Å². The number of ether oxygens (including phenoxy) is 1. The van der Waals surface area contributed by atoms with E-state index in [4.69, 9.17) is 14.7 Å². The Hall–Kier alpha value is -3.09. The summed E-state index contributed by atoms with van der Waals surface area (Å²) in [6, 6.07) is 3.88. The van der Waals surface area contributed by atoms with Crippen molar-refractivity contribution >= 4 is 43.9 Å². The molecule has 0 unspecified atom stereocenters. The highest BCUT2D eigenvalue weighted by atomic mass is 32.2. The second-order valence-electron chi connectivity index (χ2n) is 11.0. The maximum absolute atomic E-state index is 11.8. The molecule has 39 heavy (non-hydrogen) atoms. The molecule has 0 spiro atoms. The van der Waals surface area contributed by atoms with Crippen molar-refractivity contribution in [3.63, 3.8) is 0 Å². The summed E-state index contributed by atoms with van der Waals surface area (Å²) in [7, 11) is -1.41. The first-order chi connectivity index (χ1) is 18.5. The monoisotopic (exact) mass is 555 g/mol. The standard InChI is InChI=1S/C27H37N7O4S/c1-16(2)26-19-10-25(31-24-6-8-28-27(32-24)33-9-7-23(38-4)22(35)14-33)29-11-20(19)21(12-30-26)34-13-18(17(34)3)15-39(5,36)37/h6,8,10-12,16-18,22-23,35H,7,9,13-15H2,1-5H3,(H,28,29,31,32)/t17-,18-,22+,23-/m1/s1. The van der Waals surface area contributed by atoms with Crippen molar-refractivity contribution in [3.05, 3.63) is 36.4 Å². The molecule has 0 saturated carbocycles. The summed E-state index contributed by atoms with van der Waals surface area (Å²) in [5.74, 6) is 2.27. The fourth-order valence-electron chi connectivity index (χ4n) is 5.55. The van der Waals surface area contributed by atoms with Crippen molar-refractivity contribution in [2.45, 2.75) is 51.4 Å². The third-order valence-electron chi connectivity index (χ3n) is 7.76. The molecule has 2 saturated heterocycles. The Bertz CT molecular complexity index is 1450. The first-order valence-corrected chi connectivity index (χ1v) is 15.4.